The molecule has 0 atom stereocenters. The fourth-order valence-corrected chi connectivity index (χ4v) is 2.23. The first-order chi connectivity index (χ1) is 9.19. The molecule has 0 aliphatic heterocycles. The molecule has 0 aliphatic rings. The summed E-state index contributed by atoms with van der Waals surface area (Å²) in [4.78, 5) is 0. The predicted octanol–water partition coefficient (Wildman–Crippen LogP) is 4.29. The first kappa shape index (κ1) is 16.2. The largest absolute Gasteiger partial charge is 0.491 e. The van der Waals surface area contributed by atoms with Crippen LogP contribution in [-0.4, -0.2) is 13.2 Å². The Morgan fingerprint density at radius 3 is 2.79 bits per heavy atom. The van der Waals surface area contributed by atoms with Crippen LogP contribution in [0.4, 0.5) is 0 Å². The van der Waals surface area contributed by atoms with E-state index >= 15 is 0 Å². The molecule has 0 unspecified atom stereocenters. The maximum Gasteiger partial charge on any atom is 0.142 e. The van der Waals surface area contributed by atoms with Crippen molar-refractivity contribution in [3.63, 3.8) is 0 Å². The maximum absolute atomic E-state index is 6.19. The first-order valence-electron chi connectivity index (χ1n) is 6.40. The molecule has 1 aromatic rings. The van der Waals surface area contributed by atoms with Gasteiger partial charge in [0, 0.05) is 23.6 Å². The first-order valence-corrected chi connectivity index (χ1v) is 7.15. The molecule has 1 rings (SSSR count). The van der Waals surface area contributed by atoms with E-state index in [-0.39, 0.29) is 0 Å². The Bertz CT molecular complexity index is 463. The van der Waals surface area contributed by atoms with Gasteiger partial charge in [0.25, 0.3) is 0 Å². The Balaban J connectivity index is 2.76. The lowest BCUT2D eigenvalue weighted by molar-refractivity contribution is 0.323. The van der Waals surface area contributed by atoms with Crippen LogP contribution in [0.2, 0.25) is 10.0 Å². The van der Waals surface area contributed by atoms with Gasteiger partial charge in [0.15, 0.2) is 0 Å². The van der Waals surface area contributed by atoms with Gasteiger partial charge in [0.1, 0.15) is 5.75 Å². The zero-order valence-electron chi connectivity index (χ0n) is 11.4. The van der Waals surface area contributed by atoms with E-state index in [0.717, 1.165) is 18.5 Å². The molecule has 0 bridgehead atoms. The lowest BCUT2D eigenvalue weighted by atomic mass is 10.2. The Morgan fingerprint density at radius 1 is 1.32 bits per heavy atom. The zero-order valence-corrected chi connectivity index (χ0v) is 12.9. The molecular weight excluding hydrogens is 281 g/mol. The monoisotopic (exact) mass is 299 g/mol. The van der Waals surface area contributed by atoms with Gasteiger partial charge < -0.3 is 10.1 Å². The van der Waals surface area contributed by atoms with Crippen LogP contribution >= 0.6 is 23.2 Å². The molecule has 0 aromatic heterocycles. The minimum Gasteiger partial charge on any atom is -0.491 e. The van der Waals surface area contributed by atoms with E-state index in [1.807, 2.05) is 13.0 Å². The van der Waals surface area contributed by atoms with E-state index < -0.39 is 0 Å². The number of hydrogen-bond donors (Lipinski definition) is 1. The minimum absolute atomic E-state index is 0.531. The van der Waals surface area contributed by atoms with Crippen molar-refractivity contribution in [2.45, 2.75) is 33.2 Å². The Labute approximate surface area is 125 Å². The van der Waals surface area contributed by atoms with Crippen LogP contribution in [0, 0.1) is 11.8 Å². The molecule has 104 valence electrons. The summed E-state index contributed by atoms with van der Waals surface area (Å²) >= 11 is 12.2. The molecule has 0 spiro atoms. The molecule has 0 fully saturated rings. The van der Waals surface area contributed by atoms with Crippen LogP contribution in [0.5, 0.6) is 5.75 Å². The van der Waals surface area contributed by atoms with Gasteiger partial charge in [-0.05, 0) is 32.0 Å². The van der Waals surface area contributed by atoms with Crippen LogP contribution in [-0.2, 0) is 6.54 Å². The third-order valence-corrected chi connectivity index (χ3v) is 2.98. The van der Waals surface area contributed by atoms with E-state index in [2.05, 4.69) is 24.1 Å². The minimum atomic E-state index is 0.531. The number of rotatable bonds is 7. The molecule has 19 heavy (non-hydrogen) atoms. The van der Waals surface area contributed by atoms with Gasteiger partial charge in [0.05, 0.1) is 11.6 Å². The van der Waals surface area contributed by atoms with Crippen molar-refractivity contribution in [1.29, 1.82) is 0 Å². The highest BCUT2D eigenvalue weighted by Gasteiger charge is 2.10. The summed E-state index contributed by atoms with van der Waals surface area (Å²) in [6.45, 7) is 6.12. The van der Waals surface area contributed by atoms with Crippen LogP contribution < -0.4 is 10.1 Å². The van der Waals surface area contributed by atoms with Crippen molar-refractivity contribution in [2.75, 3.05) is 13.2 Å². The molecule has 1 N–H and O–H groups in total. The van der Waals surface area contributed by atoms with Crippen molar-refractivity contribution in [2.24, 2.45) is 0 Å². The number of ether oxygens (including phenoxy) is 1. The van der Waals surface area contributed by atoms with E-state index in [9.17, 15) is 0 Å². The summed E-state index contributed by atoms with van der Waals surface area (Å²) in [6.07, 6.45) is 1.77. The molecule has 1 aromatic carbocycles. The highest BCUT2D eigenvalue weighted by Crippen LogP contribution is 2.32. The van der Waals surface area contributed by atoms with E-state index in [1.54, 1.807) is 6.07 Å². The lowest BCUT2D eigenvalue weighted by Crippen LogP contribution is -2.15. The molecule has 0 radical (unpaired) electrons. The molecule has 0 saturated heterocycles. The van der Waals surface area contributed by atoms with Crippen molar-refractivity contribution in [3.05, 3.63) is 27.7 Å². The van der Waals surface area contributed by atoms with Gasteiger partial charge in [-0.1, -0.05) is 30.1 Å². The second kappa shape index (κ2) is 9.09. The molecule has 0 saturated carbocycles. The van der Waals surface area contributed by atoms with Crippen LogP contribution in [0.3, 0.4) is 0 Å². The number of benzene rings is 1. The van der Waals surface area contributed by atoms with Gasteiger partial charge in [-0.2, -0.15) is 0 Å². The van der Waals surface area contributed by atoms with Gasteiger partial charge in [0.2, 0.25) is 0 Å². The normalized spacial score (nSPS) is 9.89. The van der Waals surface area contributed by atoms with E-state index in [1.165, 1.54) is 0 Å². The zero-order chi connectivity index (χ0) is 14.1. The molecule has 0 heterocycles. The van der Waals surface area contributed by atoms with Gasteiger partial charge >= 0.3 is 0 Å². The fraction of sp³-hybridized carbons (Fsp3) is 0.467. The van der Waals surface area contributed by atoms with Gasteiger partial charge in [-0.25, -0.2) is 0 Å². The van der Waals surface area contributed by atoms with Crippen molar-refractivity contribution in [3.8, 4) is 17.6 Å². The number of nitrogens with one attached hydrogen (secondary N) is 1. The number of halogens is 2. The average molecular weight is 300 g/mol. The highest BCUT2D eigenvalue weighted by molar-refractivity contribution is 6.35. The molecule has 0 amide bonds. The van der Waals surface area contributed by atoms with Crippen molar-refractivity contribution >= 4 is 23.2 Å². The van der Waals surface area contributed by atoms with Crippen molar-refractivity contribution in [1.82, 2.24) is 5.32 Å². The highest BCUT2D eigenvalue weighted by atomic mass is 35.5. The SMILES string of the molecule is CC#CCCOc1c(Cl)cc(Cl)cc1CNCCC. The molecule has 2 nitrogen and oxygen atoms in total. The third kappa shape index (κ3) is 5.74. The van der Waals surface area contributed by atoms with Gasteiger partial charge in [-0.3, -0.25) is 0 Å². The van der Waals surface area contributed by atoms with Crippen LogP contribution in [0.15, 0.2) is 12.1 Å². The fourth-order valence-electron chi connectivity index (χ4n) is 1.64. The maximum atomic E-state index is 6.19. The summed E-state index contributed by atoms with van der Waals surface area (Å²) in [7, 11) is 0. The summed E-state index contributed by atoms with van der Waals surface area (Å²) in [6, 6.07) is 3.59. The van der Waals surface area contributed by atoms with Gasteiger partial charge in [-0.15, -0.1) is 11.8 Å². The predicted molar refractivity (Wildman–Crippen MR) is 82.0 cm³/mol. The average Bonchev–Trinajstić information content (AvgIpc) is 2.37. The molecule has 0 aliphatic carbocycles. The molecule has 4 heteroatoms. The van der Waals surface area contributed by atoms with Crippen molar-refractivity contribution < 1.29 is 4.74 Å². The Hall–Kier alpha value is -0.880. The summed E-state index contributed by atoms with van der Waals surface area (Å²) in [5, 5.41) is 4.49. The Kier molecular flexibility index (Phi) is 7.74. The van der Waals surface area contributed by atoms with Crippen LogP contribution in [0.25, 0.3) is 0 Å². The number of hydrogen-bond acceptors (Lipinski definition) is 2. The Morgan fingerprint density at radius 2 is 2.11 bits per heavy atom. The standard InChI is InChI=1S/C15H19Cl2NO/c1-3-5-6-8-19-15-12(11-18-7-4-2)9-13(16)10-14(15)17/h9-10,18H,4,6-8,11H2,1-2H3. The smallest absolute Gasteiger partial charge is 0.142 e. The summed E-state index contributed by atoms with van der Waals surface area (Å²) < 4.78 is 5.72. The van der Waals surface area contributed by atoms with Crippen LogP contribution in [0.1, 0.15) is 32.3 Å². The quantitative estimate of drug-likeness (QED) is 0.599. The lowest BCUT2D eigenvalue weighted by Gasteiger charge is -2.13. The summed E-state index contributed by atoms with van der Waals surface area (Å²) in [5.74, 6) is 6.50. The van der Waals surface area contributed by atoms with E-state index in [0.29, 0.717) is 35.4 Å². The second-order valence-corrected chi connectivity index (χ2v) is 4.92. The molecular formula is C15H19Cl2NO. The van der Waals surface area contributed by atoms with E-state index in [4.69, 9.17) is 27.9 Å². The summed E-state index contributed by atoms with van der Waals surface area (Å²) in [5.41, 5.74) is 0.982. The third-order valence-electron chi connectivity index (χ3n) is 2.48. The topological polar surface area (TPSA) is 21.3 Å². The second-order valence-electron chi connectivity index (χ2n) is 4.08.